The Bertz CT molecular complexity index is 294. The fourth-order valence-electron chi connectivity index (χ4n) is 1.00. The van der Waals surface area contributed by atoms with Crippen molar-refractivity contribution in [2.75, 3.05) is 0 Å². The average Bonchev–Trinajstić information content (AvgIpc) is 1.92. The van der Waals surface area contributed by atoms with Crippen LogP contribution in [0.5, 0.6) is 0 Å². The van der Waals surface area contributed by atoms with Crippen LogP contribution in [0.25, 0.3) is 0 Å². The number of rotatable bonds is 1. The van der Waals surface area contributed by atoms with E-state index in [0.29, 0.717) is 10.0 Å². The van der Waals surface area contributed by atoms with E-state index in [1.165, 1.54) is 0 Å². The second-order valence-corrected chi connectivity index (χ2v) is 4.11. The lowest BCUT2D eigenvalue weighted by molar-refractivity contribution is 0.555. The lowest BCUT2D eigenvalue weighted by Crippen LogP contribution is -2.28. The minimum Gasteiger partial charge on any atom is -0.322 e. The van der Waals surface area contributed by atoms with Crippen LogP contribution in [-0.2, 0) is 5.54 Å². The van der Waals surface area contributed by atoms with Gasteiger partial charge in [0, 0.05) is 5.54 Å². The van der Waals surface area contributed by atoms with Gasteiger partial charge in [-0.05, 0) is 25.5 Å². The van der Waals surface area contributed by atoms with Crippen LogP contribution >= 0.6 is 40.2 Å². The number of nitrogens with two attached hydrogens (primary N) is 1. The maximum absolute atomic E-state index is 5.97. The third-order valence-corrected chi connectivity index (χ3v) is 2.46. The van der Waals surface area contributed by atoms with Crippen LogP contribution < -0.4 is 5.73 Å². The normalized spacial score (nSPS) is 10.8. The van der Waals surface area contributed by atoms with Gasteiger partial charge >= 0.3 is 0 Å². The molecule has 13 heavy (non-hydrogen) atoms. The topological polar surface area (TPSA) is 26.0 Å². The van der Waals surface area contributed by atoms with Crippen molar-refractivity contribution in [3.8, 4) is 0 Å². The molecular formula is C9H12BrCl2N. The Morgan fingerprint density at radius 3 is 2.15 bits per heavy atom. The highest BCUT2D eigenvalue weighted by atomic mass is 79.9. The average molecular weight is 285 g/mol. The number of hydrogen-bond donors (Lipinski definition) is 1. The summed E-state index contributed by atoms with van der Waals surface area (Å²) >= 11 is 11.8. The molecule has 0 saturated carbocycles. The summed E-state index contributed by atoms with van der Waals surface area (Å²) in [5, 5.41) is 1.10. The van der Waals surface area contributed by atoms with Crippen LogP contribution in [0.4, 0.5) is 0 Å². The molecule has 0 unspecified atom stereocenters. The number of hydrogen-bond acceptors (Lipinski definition) is 1. The smallest absolute Gasteiger partial charge is 0.0642 e. The monoisotopic (exact) mass is 283 g/mol. The third kappa shape index (κ3) is 3.13. The first-order chi connectivity index (χ1) is 5.43. The van der Waals surface area contributed by atoms with E-state index in [2.05, 4.69) is 0 Å². The van der Waals surface area contributed by atoms with Gasteiger partial charge in [0.1, 0.15) is 0 Å². The predicted octanol–water partition coefficient (Wildman–Crippen LogP) is 3.77. The van der Waals surface area contributed by atoms with Gasteiger partial charge in [-0.25, -0.2) is 0 Å². The Morgan fingerprint density at radius 2 is 1.77 bits per heavy atom. The maximum Gasteiger partial charge on any atom is 0.0642 e. The van der Waals surface area contributed by atoms with E-state index in [-0.39, 0.29) is 17.0 Å². The quantitative estimate of drug-likeness (QED) is 0.835. The summed E-state index contributed by atoms with van der Waals surface area (Å²) in [7, 11) is 0. The number of benzene rings is 1. The Kier molecular flexibility index (Phi) is 4.73. The van der Waals surface area contributed by atoms with Crippen LogP contribution in [0.1, 0.15) is 19.4 Å². The van der Waals surface area contributed by atoms with Crippen LogP contribution in [0.2, 0.25) is 10.0 Å². The van der Waals surface area contributed by atoms with E-state index in [0.717, 1.165) is 5.56 Å². The zero-order valence-electron chi connectivity index (χ0n) is 7.47. The lowest BCUT2D eigenvalue weighted by atomic mass is 9.96. The molecule has 0 aliphatic heterocycles. The molecule has 1 rings (SSSR count). The summed E-state index contributed by atoms with van der Waals surface area (Å²) in [6, 6.07) is 5.48. The largest absolute Gasteiger partial charge is 0.322 e. The van der Waals surface area contributed by atoms with Crippen LogP contribution in [0, 0.1) is 0 Å². The molecule has 0 heterocycles. The third-order valence-electron chi connectivity index (χ3n) is 1.65. The first-order valence-corrected chi connectivity index (χ1v) is 4.42. The lowest BCUT2D eigenvalue weighted by Gasteiger charge is -2.20. The highest BCUT2D eigenvalue weighted by Gasteiger charge is 2.18. The van der Waals surface area contributed by atoms with E-state index >= 15 is 0 Å². The molecule has 0 spiro atoms. The van der Waals surface area contributed by atoms with E-state index in [1.807, 2.05) is 26.0 Å². The van der Waals surface area contributed by atoms with Crippen LogP contribution in [0.15, 0.2) is 18.2 Å². The van der Waals surface area contributed by atoms with Crippen molar-refractivity contribution in [1.82, 2.24) is 0 Å². The van der Waals surface area contributed by atoms with Crippen molar-refractivity contribution in [3.63, 3.8) is 0 Å². The second-order valence-electron chi connectivity index (χ2n) is 3.32. The van der Waals surface area contributed by atoms with Crippen molar-refractivity contribution in [2.45, 2.75) is 19.4 Å². The molecule has 0 atom stereocenters. The van der Waals surface area contributed by atoms with Crippen molar-refractivity contribution in [1.29, 1.82) is 0 Å². The summed E-state index contributed by atoms with van der Waals surface area (Å²) in [6.45, 7) is 3.79. The number of halogens is 3. The van der Waals surface area contributed by atoms with Gasteiger partial charge in [-0.2, -0.15) is 0 Å². The van der Waals surface area contributed by atoms with Gasteiger partial charge in [0.2, 0.25) is 0 Å². The molecule has 0 radical (unpaired) electrons. The summed E-state index contributed by atoms with van der Waals surface area (Å²) in [5.74, 6) is 0. The summed E-state index contributed by atoms with van der Waals surface area (Å²) in [4.78, 5) is 0. The van der Waals surface area contributed by atoms with Gasteiger partial charge in [-0.15, -0.1) is 17.0 Å². The standard InChI is InChI=1S/C9H11Cl2N.BrH/c1-9(2,12)6-4-3-5-7(10)8(6)11;/h3-5H,12H2,1-2H3;1H. The van der Waals surface area contributed by atoms with Gasteiger partial charge in [0.15, 0.2) is 0 Å². The molecule has 2 N–H and O–H groups in total. The van der Waals surface area contributed by atoms with Gasteiger partial charge in [-0.3, -0.25) is 0 Å². The summed E-state index contributed by atoms with van der Waals surface area (Å²) in [5.41, 5.74) is 6.31. The Hall–Kier alpha value is 0.240. The van der Waals surface area contributed by atoms with Crippen LogP contribution in [0.3, 0.4) is 0 Å². The molecule has 74 valence electrons. The van der Waals surface area contributed by atoms with Crippen LogP contribution in [-0.4, -0.2) is 0 Å². The van der Waals surface area contributed by atoms with Gasteiger partial charge < -0.3 is 5.73 Å². The van der Waals surface area contributed by atoms with E-state index < -0.39 is 5.54 Å². The van der Waals surface area contributed by atoms with Crippen molar-refractivity contribution < 1.29 is 0 Å². The fourth-order valence-corrected chi connectivity index (χ4v) is 1.55. The Morgan fingerprint density at radius 1 is 1.23 bits per heavy atom. The molecule has 0 aliphatic rings. The molecule has 4 heteroatoms. The molecule has 1 aromatic rings. The Labute approximate surface area is 99.0 Å². The summed E-state index contributed by atoms with van der Waals surface area (Å²) in [6.07, 6.45) is 0. The minimum atomic E-state index is -0.442. The first-order valence-electron chi connectivity index (χ1n) is 3.66. The first kappa shape index (κ1) is 13.2. The SMILES string of the molecule is Br.CC(C)(N)c1cccc(Cl)c1Cl. The van der Waals surface area contributed by atoms with E-state index in [4.69, 9.17) is 28.9 Å². The zero-order chi connectivity index (χ0) is 9.35. The molecule has 0 saturated heterocycles. The zero-order valence-corrected chi connectivity index (χ0v) is 10.7. The van der Waals surface area contributed by atoms with Gasteiger partial charge in [-0.1, -0.05) is 35.3 Å². The molecule has 1 aromatic carbocycles. The molecule has 0 aromatic heterocycles. The fraction of sp³-hybridized carbons (Fsp3) is 0.333. The molecular weight excluding hydrogens is 273 g/mol. The molecule has 0 aliphatic carbocycles. The van der Waals surface area contributed by atoms with E-state index in [1.54, 1.807) is 6.07 Å². The highest BCUT2D eigenvalue weighted by molar-refractivity contribution is 8.93. The van der Waals surface area contributed by atoms with Gasteiger partial charge in [0.05, 0.1) is 10.0 Å². The summed E-state index contributed by atoms with van der Waals surface area (Å²) < 4.78 is 0. The highest BCUT2D eigenvalue weighted by Crippen LogP contribution is 2.31. The second kappa shape index (κ2) is 4.65. The molecule has 0 fully saturated rings. The predicted molar refractivity (Wildman–Crippen MR) is 64.0 cm³/mol. The van der Waals surface area contributed by atoms with Crippen molar-refractivity contribution in [2.24, 2.45) is 5.73 Å². The minimum absolute atomic E-state index is 0. The molecule has 0 bridgehead atoms. The van der Waals surface area contributed by atoms with Gasteiger partial charge in [0.25, 0.3) is 0 Å². The molecule has 1 nitrogen and oxygen atoms in total. The van der Waals surface area contributed by atoms with E-state index in [9.17, 15) is 0 Å². The van der Waals surface area contributed by atoms with Crippen molar-refractivity contribution >= 4 is 40.2 Å². The molecule has 0 amide bonds. The Balaban J connectivity index is 0.00000144. The maximum atomic E-state index is 5.97. The van der Waals surface area contributed by atoms with Crippen molar-refractivity contribution in [3.05, 3.63) is 33.8 Å².